The molecule has 0 atom stereocenters. The summed E-state index contributed by atoms with van der Waals surface area (Å²) in [5.74, 6) is -26.4. The van der Waals surface area contributed by atoms with E-state index in [1.165, 1.54) is 0 Å². The SMILES string of the molecule is O=C(O)c1c(F)c(F)c(F)c(-c2c(F)c(F)c(F)c(F)c2F)c1C(=O)O. The number of carbonyl (C=O) groups is 2. The first-order chi connectivity index (χ1) is 11.9. The van der Waals surface area contributed by atoms with Crippen LogP contribution in [0.5, 0.6) is 0 Å². The van der Waals surface area contributed by atoms with Crippen molar-refractivity contribution in [1.29, 1.82) is 0 Å². The molecule has 2 rings (SSSR count). The lowest BCUT2D eigenvalue weighted by Crippen LogP contribution is -2.18. The predicted octanol–water partition coefficient (Wildman–Crippen LogP) is 3.86. The van der Waals surface area contributed by atoms with Gasteiger partial charge in [0.05, 0.1) is 11.1 Å². The van der Waals surface area contributed by atoms with Gasteiger partial charge in [0, 0.05) is 5.56 Å². The van der Waals surface area contributed by atoms with Crippen LogP contribution < -0.4 is 0 Å². The fourth-order valence-electron chi connectivity index (χ4n) is 2.13. The summed E-state index contributed by atoms with van der Waals surface area (Å²) in [7, 11) is 0. The van der Waals surface area contributed by atoms with Gasteiger partial charge in [-0.1, -0.05) is 0 Å². The van der Waals surface area contributed by atoms with Crippen molar-refractivity contribution in [1.82, 2.24) is 0 Å². The summed E-state index contributed by atoms with van der Waals surface area (Å²) in [4.78, 5) is 22.1. The second-order valence-corrected chi connectivity index (χ2v) is 4.62. The zero-order valence-corrected chi connectivity index (χ0v) is 11.7. The third kappa shape index (κ3) is 2.53. The van der Waals surface area contributed by atoms with Gasteiger partial charge in [-0.3, -0.25) is 0 Å². The van der Waals surface area contributed by atoms with Gasteiger partial charge in [0.1, 0.15) is 5.56 Å². The second-order valence-electron chi connectivity index (χ2n) is 4.62. The van der Waals surface area contributed by atoms with E-state index in [4.69, 9.17) is 10.2 Å². The molecule has 0 fully saturated rings. The Morgan fingerprint density at radius 3 is 1.15 bits per heavy atom. The molecule has 0 unspecified atom stereocenters. The van der Waals surface area contributed by atoms with Crippen LogP contribution in [0.1, 0.15) is 20.7 Å². The summed E-state index contributed by atoms with van der Waals surface area (Å²) in [5.41, 5.74) is -8.54. The van der Waals surface area contributed by atoms with Crippen molar-refractivity contribution in [2.45, 2.75) is 0 Å². The molecule has 0 amide bonds. The first-order valence-corrected chi connectivity index (χ1v) is 6.12. The molecule has 0 heterocycles. The first-order valence-electron chi connectivity index (χ1n) is 6.12. The Morgan fingerprint density at radius 1 is 0.462 bits per heavy atom. The van der Waals surface area contributed by atoms with Crippen molar-refractivity contribution >= 4 is 11.9 Å². The lowest BCUT2D eigenvalue weighted by atomic mass is 9.92. The Hall–Kier alpha value is -3.18. The number of carboxylic acid groups (broad SMARTS) is 2. The maximum Gasteiger partial charge on any atom is 0.339 e. The zero-order valence-electron chi connectivity index (χ0n) is 11.7. The van der Waals surface area contributed by atoms with Gasteiger partial charge in [-0.25, -0.2) is 44.7 Å². The molecule has 12 heteroatoms. The molecule has 138 valence electrons. The molecule has 4 nitrogen and oxygen atoms in total. The van der Waals surface area contributed by atoms with Crippen molar-refractivity contribution in [3.05, 3.63) is 57.7 Å². The number of aromatic carboxylic acids is 2. The fourth-order valence-corrected chi connectivity index (χ4v) is 2.13. The molecular weight excluding hydrogens is 384 g/mol. The standard InChI is InChI=1S/C14H2F8O4/c15-5-1(3-6(16)10(20)12(22)11(21)7(3)17)2(13(23)24)4(14(25)26)8(18)9(5)19/h(H,23,24)(H,25,26). The van der Waals surface area contributed by atoms with E-state index >= 15 is 0 Å². The molecular formula is C14H2F8O4. The Morgan fingerprint density at radius 2 is 0.769 bits per heavy atom. The van der Waals surface area contributed by atoms with Gasteiger partial charge in [0.15, 0.2) is 40.7 Å². The van der Waals surface area contributed by atoms with Crippen molar-refractivity contribution in [3.8, 4) is 11.1 Å². The smallest absolute Gasteiger partial charge is 0.339 e. The van der Waals surface area contributed by atoms with E-state index in [9.17, 15) is 44.7 Å². The third-order valence-electron chi connectivity index (χ3n) is 3.21. The molecule has 0 saturated heterocycles. The van der Waals surface area contributed by atoms with Crippen LogP contribution in [0.2, 0.25) is 0 Å². The maximum atomic E-state index is 14.0. The summed E-state index contributed by atoms with van der Waals surface area (Å²) >= 11 is 0. The number of hydrogen-bond acceptors (Lipinski definition) is 2. The van der Waals surface area contributed by atoms with E-state index in [1.54, 1.807) is 0 Å². The Balaban J connectivity index is 3.21. The van der Waals surface area contributed by atoms with Gasteiger partial charge in [0.2, 0.25) is 5.82 Å². The van der Waals surface area contributed by atoms with Crippen LogP contribution in [-0.4, -0.2) is 22.2 Å². The summed E-state index contributed by atoms with van der Waals surface area (Å²) in [6.45, 7) is 0. The van der Waals surface area contributed by atoms with Crippen LogP contribution in [0.25, 0.3) is 11.1 Å². The van der Waals surface area contributed by atoms with E-state index in [2.05, 4.69) is 0 Å². The molecule has 2 N–H and O–H groups in total. The number of carboxylic acids is 2. The molecule has 0 aromatic heterocycles. The van der Waals surface area contributed by atoms with E-state index in [0.29, 0.717) is 0 Å². The molecule has 0 aliphatic rings. The Bertz CT molecular complexity index is 957. The molecule has 26 heavy (non-hydrogen) atoms. The second kappa shape index (κ2) is 6.28. The highest BCUT2D eigenvalue weighted by atomic mass is 19.2. The molecule has 0 aliphatic carbocycles. The molecule has 2 aromatic rings. The van der Waals surface area contributed by atoms with Crippen LogP contribution in [0, 0.1) is 46.5 Å². The van der Waals surface area contributed by atoms with Crippen LogP contribution in [0.4, 0.5) is 35.1 Å². The highest BCUT2D eigenvalue weighted by Crippen LogP contribution is 2.38. The Labute approximate surface area is 136 Å². The van der Waals surface area contributed by atoms with Crippen molar-refractivity contribution in [3.63, 3.8) is 0 Å². The van der Waals surface area contributed by atoms with Crippen LogP contribution in [0.3, 0.4) is 0 Å². The van der Waals surface area contributed by atoms with Crippen molar-refractivity contribution in [2.75, 3.05) is 0 Å². The summed E-state index contributed by atoms with van der Waals surface area (Å²) in [6, 6.07) is 0. The van der Waals surface area contributed by atoms with E-state index in [0.717, 1.165) is 0 Å². The van der Waals surface area contributed by atoms with E-state index in [-0.39, 0.29) is 0 Å². The largest absolute Gasteiger partial charge is 0.478 e. The van der Waals surface area contributed by atoms with Gasteiger partial charge >= 0.3 is 11.9 Å². The lowest BCUT2D eigenvalue weighted by molar-refractivity contribution is 0.0645. The highest BCUT2D eigenvalue weighted by Gasteiger charge is 2.37. The highest BCUT2D eigenvalue weighted by molar-refractivity contribution is 6.07. The van der Waals surface area contributed by atoms with Crippen LogP contribution >= 0.6 is 0 Å². The minimum absolute atomic E-state index is 2.04. The number of benzene rings is 2. The number of hydrogen-bond donors (Lipinski definition) is 2. The number of rotatable bonds is 3. The average Bonchev–Trinajstić information content (AvgIpc) is 2.57. The molecule has 0 aliphatic heterocycles. The normalized spacial score (nSPS) is 10.9. The Kier molecular flexibility index (Phi) is 4.62. The molecule has 0 spiro atoms. The van der Waals surface area contributed by atoms with Crippen molar-refractivity contribution in [2.24, 2.45) is 0 Å². The van der Waals surface area contributed by atoms with Gasteiger partial charge in [-0.15, -0.1) is 0 Å². The van der Waals surface area contributed by atoms with E-state index in [1.807, 2.05) is 0 Å². The fraction of sp³-hybridized carbons (Fsp3) is 0. The van der Waals surface area contributed by atoms with Gasteiger partial charge in [-0.2, -0.15) is 0 Å². The molecule has 0 saturated carbocycles. The van der Waals surface area contributed by atoms with Crippen molar-refractivity contribution < 1.29 is 54.9 Å². The predicted molar refractivity (Wildman–Crippen MR) is 65.5 cm³/mol. The number of halogens is 8. The van der Waals surface area contributed by atoms with Crippen LogP contribution in [0.15, 0.2) is 0 Å². The zero-order chi connectivity index (χ0) is 20.1. The first kappa shape index (κ1) is 19.1. The summed E-state index contributed by atoms with van der Waals surface area (Å²) in [6.07, 6.45) is 0. The maximum absolute atomic E-state index is 14.0. The molecule has 2 aromatic carbocycles. The van der Waals surface area contributed by atoms with Gasteiger partial charge < -0.3 is 10.2 Å². The monoisotopic (exact) mass is 386 g/mol. The summed E-state index contributed by atoms with van der Waals surface area (Å²) in [5, 5.41) is 17.7. The molecule has 0 bridgehead atoms. The summed E-state index contributed by atoms with van der Waals surface area (Å²) < 4.78 is 108. The minimum Gasteiger partial charge on any atom is -0.478 e. The average molecular weight is 386 g/mol. The van der Waals surface area contributed by atoms with E-state index < -0.39 is 80.7 Å². The third-order valence-corrected chi connectivity index (χ3v) is 3.21. The van der Waals surface area contributed by atoms with Crippen LogP contribution in [-0.2, 0) is 0 Å². The van der Waals surface area contributed by atoms with Gasteiger partial charge in [-0.05, 0) is 0 Å². The topological polar surface area (TPSA) is 74.6 Å². The quantitative estimate of drug-likeness (QED) is 0.477. The minimum atomic E-state index is -2.73. The van der Waals surface area contributed by atoms with Gasteiger partial charge in [0.25, 0.3) is 0 Å². The molecule has 0 radical (unpaired) electrons. The lowest BCUT2D eigenvalue weighted by Gasteiger charge is -2.15.